The number of nitrogens with zero attached hydrogens (tertiary/aromatic N) is 1. The van der Waals surface area contributed by atoms with E-state index in [4.69, 9.17) is 10.4 Å². The molecule has 0 unspecified atom stereocenters. The summed E-state index contributed by atoms with van der Waals surface area (Å²) in [6.07, 6.45) is 0.774. The number of benzene rings is 1. The summed E-state index contributed by atoms with van der Waals surface area (Å²) in [5.41, 5.74) is 1.84. The minimum atomic E-state index is 0.223. The zero-order valence-electron chi connectivity index (χ0n) is 8.03. The molecule has 14 heavy (non-hydrogen) atoms. The van der Waals surface area contributed by atoms with Gasteiger partial charge in [0.15, 0.2) is 0 Å². The minimum absolute atomic E-state index is 0.223. The first-order valence-corrected chi connectivity index (χ1v) is 4.67. The van der Waals surface area contributed by atoms with Gasteiger partial charge >= 0.3 is 0 Å². The van der Waals surface area contributed by atoms with Crippen LogP contribution in [0.1, 0.15) is 17.5 Å². The molecule has 0 bridgehead atoms. The van der Waals surface area contributed by atoms with Crippen LogP contribution in [0.3, 0.4) is 0 Å². The molecule has 0 amide bonds. The Morgan fingerprint density at radius 3 is 2.57 bits per heavy atom. The molecule has 0 heterocycles. The van der Waals surface area contributed by atoms with E-state index in [-0.39, 0.29) is 6.61 Å². The molecule has 2 N–H and O–H groups in total. The van der Waals surface area contributed by atoms with E-state index in [9.17, 15) is 0 Å². The maximum absolute atomic E-state index is 8.58. The largest absolute Gasteiger partial charge is 0.396 e. The van der Waals surface area contributed by atoms with E-state index in [0.717, 1.165) is 25.1 Å². The number of aliphatic hydroxyl groups is 1. The summed E-state index contributed by atoms with van der Waals surface area (Å²) < 4.78 is 0. The number of aliphatic hydroxyl groups excluding tert-OH is 1. The first kappa shape index (κ1) is 10.7. The van der Waals surface area contributed by atoms with Crippen LogP contribution >= 0.6 is 0 Å². The molecule has 3 heteroatoms. The van der Waals surface area contributed by atoms with Crippen molar-refractivity contribution in [2.75, 3.05) is 13.2 Å². The molecule has 0 aromatic heterocycles. The molecule has 0 aliphatic heterocycles. The van der Waals surface area contributed by atoms with E-state index >= 15 is 0 Å². The molecule has 0 fully saturated rings. The quantitative estimate of drug-likeness (QED) is 0.682. The Labute approximate surface area is 84.0 Å². The van der Waals surface area contributed by atoms with Crippen LogP contribution in [0.2, 0.25) is 0 Å². The number of hydrogen-bond donors (Lipinski definition) is 2. The Kier molecular flexibility index (Phi) is 4.70. The second-order valence-electron chi connectivity index (χ2n) is 3.06. The fourth-order valence-electron chi connectivity index (χ4n) is 1.13. The summed E-state index contributed by atoms with van der Waals surface area (Å²) in [5, 5.41) is 20.3. The Balaban J connectivity index is 2.33. The standard InChI is InChI=1S/C11H14N2O/c12-8-10-2-4-11(5-3-10)9-13-6-1-7-14/h2-5,13-14H,1,6-7,9H2. The lowest BCUT2D eigenvalue weighted by Gasteiger charge is -2.03. The molecule has 0 saturated carbocycles. The monoisotopic (exact) mass is 190 g/mol. The van der Waals surface area contributed by atoms with Gasteiger partial charge in [0.1, 0.15) is 0 Å². The van der Waals surface area contributed by atoms with Gasteiger partial charge in [-0.2, -0.15) is 5.26 Å². The Morgan fingerprint density at radius 2 is 2.00 bits per heavy atom. The van der Waals surface area contributed by atoms with E-state index < -0.39 is 0 Å². The molecule has 0 spiro atoms. The normalized spacial score (nSPS) is 9.71. The summed E-state index contributed by atoms with van der Waals surface area (Å²) in [5.74, 6) is 0. The van der Waals surface area contributed by atoms with Crippen molar-refractivity contribution in [1.82, 2.24) is 5.32 Å². The lowest BCUT2D eigenvalue weighted by atomic mass is 10.1. The fraction of sp³-hybridized carbons (Fsp3) is 0.364. The van der Waals surface area contributed by atoms with Gasteiger partial charge in [-0.15, -0.1) is 0 Å². The molecule has 0 aliphatic rings. The molecule has 74 valence electrons. The van der Waals surface area contributed by atoms with Gasteiger partial charge in [0.05, 0.1) is 11.6 Å². The number of hydrogen-bond acceptors (Lipinski definition) is 3. The van der Waals surface area contributed by atoms with Gasteiger partial charge in [0.25, 0.3) is 0 Å². The lowest BCUT2D eigenvalue weighted by molar-refractivity contribution is 0.286. The van der Waals surface area contributed by atoms with Gasteiger partial charge in [0, 0.05) is 13.2 Å². The van der Waals surface area contributed by atoms with E-state index in [0.29, 0.717) is 5.56 Å². The van der Waals surface area contributed by atoms with Crippen LogP contribution in [0.15, 0.2) is 24.3 Å². The number of rotatable bonds is 5. The van der Waals surface area contributed by atoms with Crippen molar-refractivity contribution >= 4 is 0 Å². The molecule has 1 aromatic carbocycles. The predicted molar refractivity (Wildman–Crippen MR) is 54.6 cm³/mol. The molecular formula is C11H14N2O. The van der Waals surface area contributed by atoms with E-state index in [1.54, 1.807) is 0 Å². The van der Waals surface area contributed by atoms with Crippen molar-refractivity contribution in [3.05, 3.63) is 35.4 Å². The van der Waals surface area contributed by atoms with Crippen LogP contribution in [0.4, 0.5) is 0 Å². The van der Waals surface area contributed by atoms with Gasteiger partial charge < -0.3 is 10.4 Å². The highest BCUT2D eigenvalue weighted by atomic mass is 16.3. The van der Waals surface area contributed by atoms with Crippen molar-refractivity contribution in [2.24, 2.45) is 0 Å². The topological polar surface area (TPSA) is 56.0 Å². The molecule has 3 nitrogen and oxygen atoms in total. The summed E-state index contributed by atoms with van der Waals surface area (Å²) in [7, 11) is 0. The van der Waals surface area contributed by atoms with E-state index in [1.165, 1.54) is 0 Å². The fourth-order valence-corrected chi connectivity index (χ4v) is 1.13. The maximum Gasteiger partial charge on any atom is 0.0991 e. The predicted octanol–water partition coefficient (Wildman–Crippen LogP) is 1.03. The molecule has 0 radical (unpaired) electrons. The third-order valence-electron chi connectivity index (χ3n) is 1.92. The molecule has 1 aromatic rings. The van der Waals surface area contributed by atoms with Crippen LogP contribution < -0.4 is 5.32 Å². The van der Waals surface area contributed by atoms with Gasteiger partial charge in [-0.25, -0.2) is 0 Å². The Hall–Kier alpha value is -1.37. The molecule has 0 saturated heterocycles. The van der Waals surface area contributed by atoms with Crippen molar-refractivity contribution in [2.45, 2.75) is 13.0 Å². The summed E-state index contributed by atoms with van der Waals surface area (Å²) in [6, 6.07) is 9.56. The smallest absolute Gasteiger partial charge is 0.0991 e. The second-order valence-corrected chi connectivity index (χ2v) is 3.06. The van der Waals surface area contributed by atoms with Gasteiger partial charge in [-0.3, -0.25) is 0 Å². The Morgan fingerprint density at radius 1 is 1.29 bits per heavy atom. The van der Waals surface area contributed by atoms with E-state index in [1.807, 2.05) is 24.3 Å². The number of nitriles is 1. The molecular weight excluding hydrogens is 176 g/mol. The van der Waals surface area contributed by atoms with Crippen molar-refractivity contribution < 1.29 is 5.11 Å². The van der Waals surface area contributed by atoms with Crippen LogP contribution in [0.25, 0.3) is 0 Å². The van der Waals surface area contributed by atoms with Crippen molar-refractivity contribution in [1.29, 1.82) is 5.26 Å². The zero-order valence-corrected chi connectivity index (χ0v) is 8.03. The number of nitrogens with one attached hydrogen (secondary N) is 1. The third-order valence-corrected chi connectivity index (χ3v) is 1.92. The summed E-state index contributed by atoms with van der Waals surface area (Å²) >= 11 is 0. The lowest BCUT2D eigenvalue weighted by Crippen LogP contribution is -2.15. The van der Waals surface area contributed by atoms with Gasteiger partial charge in [-0.1, -0.05) is 12.1 Å². The first-order chi connectivity index (χ1) is 6.86. The van der Waals surface area contributed by atoms with Crippen LogP contribution in [-0.4, -0.2) is 18.3 Å². The van der Waals surface area contributed by atoms with Gasteiger partial charge in [-0.05, 0) is 30.7 Å². The van der Waals surface area contributed by atoms with E-state index in [2.05, 4.69) is 11.4 Å². The average Bonchev–Trinajstić information content (AvgIpc) is 2.25. The van der Waals surface area contributed by atoms with Crippen LogP contribution in [0, 0.1) is 11.3 Å². The third kappa shape index (κ3) is 3.56. The Bertz CT molecular complexity index is 300. The first-order valence-electron chi connectivity index (χ1n) is 4.67. The van der Waals surface area contributed by atoms with Crippen LogP contribution in [-0.2, 0) is 6.54 Å². The zero-order chi connectivity index (χ0) is 10.2. The highest BCUT2D eigenvalue weighted by Crippen LogP contribution is 2.02. The minimum Gasteiger partial charge on any atom is -0.396 e. The molecule has 0 aliphatic carbocycles. The van der Waals surface area contributed by atoms with Gasteiger partial charge in [0.2, 0.25) is 0 Å². The average molecular weight is 190 g/mol. The van der Waals surface area contributed by atoms with Crippen molar-refractivity contribution in [3.63, 3.8) is 0 Å². The highest BCUT2D eigenvalue weighted by molar-refractivity contribution is 5.31. The molecule has 1 rings (SSSR count). The SMILES string of the molecule is N#Cc1ccc(CNCCCO)cc1. The second kappa shape index (κ2) is 6.14. The highest BCUT2D eigenvalue weighted by Gasteiger charge is 1.93. The molecule has 0 atom stereocenters. The maximum atomic E-state index is 8.58. The van der Waals surface area contributed by atoms with Crippen molar-refractivity contribution in [3.8, 4) is 6.07 Å². The summed E-state index contributed by atoms with van der Waals surface area (Å²) in [6.45, 7) is 1.82. The van der Waals surface area contributed by atoms with Crippen LogP contribution in [0.5, 0.6) is 0 Å². The summed E-state index contributed by atoms with van der Waals surface area (Å²) in [4.78, 5) is 0.